The van der Waals surface area contributed by atoms with Crippen molar-refractivity contribution in [3.8, 4) is 5.69 Å². The summed E-state index contributed by atoms with van der Waals surface area (Å²) in [6.45, 7) is 4.13. The van der Waals surface area contributed by atoms with Crippen molar-refractivity contribution in [1.29, 1.82) is 0 Å². The fraction of sp³-hybridized carbons (Fsp3) is 0.286. The Kier molecular flexibility index (Phi) is 5.98. The van der Waals surface area contributed by atoms with Crippen LogP contribution in [0.2, 0.25) is 0 Å². The van der Waals surface area contributed by atoms with Gasteiger partial charge in [-0.1, -0.05) is 0 Å². The van der Waals surface area contributed by atoms with Gasteiger partial charge in [0.2, 0.25) is 0 Å². The topological polar surface area (TPSA) is 64.6 Å². The van der Waals surface area contributed by atoms with E-state index in [1.165, 1.54) is 12.1 Å². The van der Waals surface area contributed by atoms with Gasteiger partial charge in [0.25, 0.3) is 11.8 Å². The van der Waals surface area contributed by atoms with Crippen LogP contribution in [0.5, 0.6) is 0 Å². The lowest BCUT2D eigenvalue weighted by Crippen LogP contribution is -2.64. The third-order valence-corrected chi connectivity index (χ3v) is 7.51. The third-order valence-electron chi connectivity index (χ3n) is 7.51. The molecule has 0 radical (unpaired) electrons. The number of carbonyl (C=O) groups is 2. The molecule has 2 aliphatic heterocycles. The predicted octanol–water partition coefficient (Wildman–Crippen LogP) is 4.26. The maximum atomic E-state index is 13.2. The molecule has 0 spiro atoms. The Bertz CT molecular complexity index is 1460. The molecule has 7 nitrogen and oxygen atoms in total. The SMILES string of the molecule is O=C(c1ccc2c(ccn2-c2ccc(C(F)(F)F)cc2)c1)N1CCN(C2CN(C(=O)c3ccc[nH]3)C2)CC1. The normalized spacial score (nSPS) is 17.1. The van der Waals surface area contributed by atoms with Crippen molar-refractivity contribution in [3.63, 3.8) is 0 Å². The van der Waals surface area contributed by atoms with E-state index < -0.39 is 11.7 Å². The first-order chi connectivity index (χ1) is 18.3. The molecule has 0 atom stereocenters. The number of amides is 2. The summed E-state index contributed by atoms with van der Waals surface area (Å²) in [7, 11) is 0. The van der Waals surface area contributed by atoms with Crippen LogP contribution in [0.4, 0.5) is 13.2 Å². The number of alkyl halides is 3. The van der Waals surface area contributed by atoms with E-state index in [-0.39, 0.29) is 11.8 Å². The van der Waals surface area contributed by atoms with Gasteiger partial charge in [0.05, 0.1) is 11.1 Å². The van der Waals surface area contributed by atoms with Crippen LogP contribution in [0, 0.1) is 0 Å². The second-order valence-corrected chi connectivity index (χ2v) is 9.78. The fourth-order valence-corrected chi connectivity index (χ4v) is 5.27. The molecule has 196 valence electrons. The molecule has 0 aliphatic carbocycles. The molecule has 2 aromatic carbocycles. The molecule has 0 saturated carbocycles. The van der Waals surface area contributed by atoms with Gasteiger partial charge in [-0.2, -0.15) is 13.2 Å². The van der Waals surface area contributed by atoms with E-state index in [0.717, 1.165) is 36.1 Å². The Morgan fingerprint density at radius 3 is 2.24 bits per heavy atom. The number of piperazine rings is 1. The molecule has 4 heterocycles. The zero-order valence-corrected chi connectivity index (χ0v) is 20.5. The van der Waals surface area contributed by atoms with Crippen LogP contribution in [0.25, 0.3) is 16.6 Å². The number of fused-ring (bicyclic) bond motifs is 1. The molecule has 2 saturated heterocycles. The smallest absolute Gasteiger partial charge is 0.357 e. The van der Waals surface area contributed by atoms with Crippen molar-refractivity contribution >= 4 is 22.7 Å². The van der Waals surface area contributed by atoms with Crippen LogP contribution in [0.1, 0.15) is 26.4 Å². The summed E-state index contributed by atoms with van der Waals surface area (Å²) in [6, 6.07) is 16.2. The first-order valence-electron chi connectivity index (χ1n) is 12.5. The largest absolute Gasteiger partial charge is 0.416 e. The van der Waals surface area contributed by atoms with Crippen LogP contribution in [-0.4, -0.2) is 81.4 Å². The Hall–Kier alpha value is -4.05. The second kappa shape index (κ2) is 9.36. The number of benzene rings is 2. The highest BCUT2D eigenvalue weighted by atomic mass is 19.4. The van der Waals surface area contributed by atoms with Gasteiger partial charge in [0.1, 0.15) is 5.69 Å². The molecule has 2 aliphatic rings. The van der Waals surface area contributed by atoms with E-state index in [2.05, 4.69) is 9.88 Å². The maximum absolute atomic E-state index is 13.2. The van der Waals surface area contributed by atoms with Gasteiger partial charge in [0.15, 0.2) is 0 Å². The maximum Gasteiger partial charge on any atom is 0.416 e. The minimum Gasteiger partial charge on any atom is -0.357 e. The number of H-pyrrole nitrogens is 1. The number of hydrogen-bond donors (Lipinski definition) is 1. The summed E-state index contributed by atoms with van der Waals surface area (Å²) >= 11 is 0. The Balaban J connectivity index is 1.07. The van der Waals surface area contributed by atoms with E-state index in [0.29, 0.717) is 49.2 Å². The average molecular weight is 522 g/mol. The number of carbonyl (C=O) groups excluding carboxylic acids is 2. The minimum atomic E-state index is -4.38. The highest BCUT2D eigenvalue weighted by molar-refractivity contribution is 5.98. The molecular formula is C28H26F3N5O2. The highest BCUT2D eigenvalue weighted by Crippen LogP contribution is 2.30. The molecule has 0 unspecified atom stereocenters. The molecule has 6 rings (SSSR count). The van der Waals surface area contributed by atoms with Crippen molar-refractivity contribution < 1.29 is 22.8 Å². The summed E-state index contributed by atoms with van der Waals surface area (Å²) in [4.78, 5) is 34.6. The van der Waals surface area contributed by atoms with Gasteiger partial charge in [-0.25, -0.2) is 0 Å². The lowest BCUT2D eigenvalue weighted by Gasteiger charge is -2.48. The molecule has 2 amide bonds. The van der Waals surface area contributed by atoms with Crippen LogP contribution in [0.15, 0.2) is 73.1 Å². The van der Waals surface area contributed by atoms with E-state index in [9.17, 15) is 22.8 Å². The number of nitrogens with one attached hydrogen (secondary N) is 1. The van der Waals surface area contributed by atoms with Crippen molar-refractivity contribution in [1.82, 2.24) is 24.3 Å². The van der Waals surface area contributed by atoms with Crippen molar-refractivity contribution in [2.24, 2.45) is 0 Å². The minimum absolute atomic E-state index is 0.0163. The highest BCUT2D eigenvalue weighted by Gasteiger charge is 2.37. The van der Waals surface area contributed by atoms with Gasteiger partial charge < -0.3 is 19.4 Å². The van der Waals surface area contributed by atoms with Gasteiger partial charge in [-0.05, 0) is 60.7 Å². The van der Waals surface area contributed by atoms with Crippen LogP contribution >= 0.6 is 0 Å². The number of hydrogen-bond acceptors (Lipinski definition) is 3. The molecule has 1 N–H and O–H groups in total. The quantitative estimate of drug-likeness (QED) is 0.437. The summed E-state index contributed by atoms with van der Waals surface area (Å²) in [5, 5.41) is 0.843. The standard InChI is InChI=1S/C28H26F3N5O2/c29-28(30,31)21-4-6-22(7-5-21)36-11-9-19-16-20(3-8-25(19)36)26(37)34-14-12-33(13-15-34)23-17-35(18-23)27(38)24-2-1-10-32-24/h1-11,16,23,32H,12-15,17-18H2. The zero-order chi connectivity index (χ0) is 26.4. The number of halogens is 3. The molecule has 4 aromatic rings. The summed E-state index contributed by atoms with van der Waals surface area (Å²) in [5.74, 6) is -0.0198. The number of rotatable bonds is 4. The number of nitrogens with zero attached hydrogens (tertiary/aromatic N) is 4. The van der Waals surface area contributed by atoms with Gasteiger partial charge in [-0.3, -0.25) is 14.5 Å². The molecule has 0 bridgehead atoms. The summed E-state index contributed by atoms with van der Waals surface area (Å²) in [5.41, 5.74) is 1.93. The van der Waals surface area contributed by atoms with Crippen molar-refractivity contribution in [2.45, 2.75) is 12.2 Å². The average Bonchev–Trinajstić information content (AvgIpc) is 3.57. The van der Waals surface area contributed by atoms with E-state index in [4.69, 9.17) is 0 Å². The second-order valence-electron chi connectivity index (χ2n) is 9.78. The van der Waals surface area contributed by atoms with E-state index in [1.54, 1.807) is 24.5 Å². The van der Waals surface area contributed by atoms with E-state index >= 15 is 0 Å². The molecule has 38 heavy (non-hydrogen) atoms. The van der Waals surface area contributed by atoms with E-state index in [1.807, 2.05) is 38.6 Å². The van der Waals surface area contributed by atoms with Crippen molar-refractivity contribution in [3.05, 3.63) is 89.9 Å². The number of aromatic nitrogens is 2. The Morgan fingerprint density at radius 1 is 0.842 bits per heavy atom. The number of likely N-dealkylation sites (tertiary alicyclic amines) is 1. The zero-order valence-electron chi connectivity index (χ0n) is 20.5. The fourth-order valence-electron chi connectivity index (χ4n) is 5.27. The summed E-state index contributed by atoms with van der Waals surface area (Å²) in [6.07, 6.45) is -0.839. The first kappa shape index (κ1) is 24.3. The Labute approximate surface area is 217 Å². The predicted molar refractivity (Wildman–Crippen MR) is 136 cm³/mol. The van der Waals surface area contributed by atoms with Crippen LogP contribution in [-0.2, 0) is 6.18 Å². The van der Waals surface area contributed by atoms with Crippen LogP contribution < -0.4 is 0 Å². The van der Waals surface area contributed by atoms with Gasteiger partial charge in [-0.15, -0.1) is 0 Å². The molecule has 2 fully saturated rings. The van der Waals surface area contributed by atoms with Gasteiger partial charge in [0, 0.05) is 74.3 Å². The first-order valence-corrected chi connectivity index (χ1v) is 12.5. The monoisotopic (exact) mass is 521 g/mol. The Morgan fingerprint density at radius 2 is 1.58 bits per heavy atom. The van der Waals surface area contributed by atoms with Crippen LogP contribution in [0.3, 0.4) is 0 Å². The van der Waals surface area contributed by atoms with Gasteiger partial charge >= 0.3 is 6.18 Å². The molecule has 2 aromatic heterocycles. The lowest BCUT2D eigenvalue weighted by molar-refractivity contribution is -0.137. The lowest BCUT2D eigenvalue weighted by atomic mass is 10.0. The number of aromatic amines is 1. The third kappa shape index (κ3) is 4.45. The molecular weight excluding hydrogens is 495 g/mol. The summed E-state index contributed by atoms with van der Waals surface area (Å²) < 4.78 is 40.5. The molecule has 10 heteroatoms. The van der Waals surface area contributed by atoms with Crippen molar-refractivity contribution in [2.75, 3.05) is 39.3 Å².